The van der Waals surface area contributed by atoms with Crippen molar-refractivity contribution in [2.45, 2.75) is 13.8 Å². The Morgan fingerprint density at radius 3 is 1.53 bits per heavy atom. The maximum absolute atomic E-state index is 5.97. The number of hydrogen-bond donors (Lipinski definition) is 0. The van der Waals surface area contributed by atoms with Gasteiger partial charge < -0.3 is 0 Å². The first-order chi connectivity index (χ1) is 8.06. The summed E-state index contributed by atoms with van der Waals surface area (Å²) in [6.07, 6.45) is 0. The molecule has 0 saturated carbocycles. The Hall–Kier alpha value is -0.266. The molecule has 0 spiro atoms. The Kier molecular flexibility index (Phi) is 4.33. The maximum atomic E-state index is 5.97. The Morgan fingerprint density at radius 2 is 1.18 bits per heavy atom. The molecule has 0 heterocycles. The van der Waals surface area contributed by atoms with Crippen LogP contribution in [-0.2, 0) is 19.2 Å². The average Bonchev–Trinajstić information content (AvgIpc) is 2.25. The van der Waals surface area contributed by atoms with Gasteiger partial charge in [0, 0.05) is 0 Å². The number of aryl methyl sites for hydroxylation is 2. The van der Waals surface area contributed by atoms with E-state index in [1.807, 2.05) is 24.3 Å². The van der Waals surface area contributed by atoms with Crippen LogP contribution in [0.4, 0.5) is 0 Å². The molecule has 0 fully saturated rings. The summed E-state index contributed by atoms with van der Waals surface area (Å²) in [6, 6.07) is 12.3. The van der Waals surface area contributed by atoms with E-state index in [0.717, 1.165) is 10.0 Å². The van der Waals surface area contributed by atoms with Crippen molar-refractivity contribution in [3.05, 3.63) is 57.6 Å². The Balaban J connectivity index is 2.31. The summed E-state index contributed by atoms with van der Waals surface area (Å²) in [5.74, 6) is 0. The third-order valence-electron chi connectivity index (χ3n) is 2.65. The van der Waals surface area contributed by atoms with E-state index in [0.29, 0.717) is 0 Å². The molecular weight excluding hydrogens is 287 g/mol. The zero-order valence-electron chi connectivity index (χ0n) is 9.72. The predicted molar refractivity (Wildman–Crippen MR) is 71.6 cm³/mol. The molecule has 0 saturated heterocycles. The number of halogens is 2. The molecule has 0 aliphatic heterocycles. The van der Waals surface area contributed by atoms with E-state index in [1.54, 1.807) is 0 Å². The molecule has 0 atom stereocenters. The monoisotopic (exact) mass is 298 g/mol. The second-order valence-electron chi connectivity index (χ2n) is 4.04. The molecule has 0 bridgehead atoms. The standard InChI is InChI=1S/2C7H6Cl.Ti/c2*1-6-3-2-4-7(8)5-6;/h2*2,4-5H,1H3;. The summed E-state index contributed by atoms with van der Waals surface area (Å²) in [5.41, 5.74) is 2.57. The van der Waals surface area contributed by atoms with Crippen LogP contribution in [0, 0.1) is 13.8 Å². The molecule has 0 aliphatic carbocycles. The number of rotatable bonds is 2. The first-order valence-electron chi connectivity index (χ1n) is 5.35. The fourth-order valence-corrected chi connectivity index (χ4v) is 3.95. The molecule has 17 heavy (non-hydrogen) atoms. The fraction of sp³-hybridized carbons (Fsp3) is 0.143. The third-order valence-corrected chi connectivity index (χ3v) is 5.71. The van der Waals surface area contributed by atoms with Gasteiger partial charge in [-0.05, 0) is 0 Å². The molecule has 0 N–H and O–H groups in total. The van der Waals surface area contributed by atoms with Crippen molar-refractivity contribution in [3.63, 3.8) is 0 Å². The van der Waals surface area contributed by atoms with E-state index in [4.69, 9.17) is 23.2 Å². The van der Waals surface area contributed by atoms with E-state index in [-0.39, 0.29) is 19.2 Å². The van der Waals surface area contributed by atoms with Gasteiger partial charge in [0.05, 0.1) is 0 Å². The van der Waals surface area contributed by atoms with Crippen LogP contribution in [0.2, 0.25) is 10.0 Å². The summed E-state index contributed by atoms with van der Waals surface area (Å²) < 4.78 is 2.86. The molecule has 0 aliphatic rings. The molecule has 0 nitrogen and oxygen atoms in total. The summed E-state index contributed by atoms with van der Waals surface area (Å²) in [4.78, 5) is 0. The van der Waals surface area contributed by atoms with Crippen LogP contribution in [-0.4, -0.2) is 0 Å². The van der Waals surface area contributed by atoms with Gasteiger partial charge >= 0.3 is 122 Å². The van der Waals surface area contributed by atoms with Gasteiger partial charge in [0.15, 0.2) is 0 Å². The molecule has 2 rings (SSSR count). The van der Waals surface area contributed by atoms with Crippen LogP contribution < -0.4 is 7.74 Å². The van der Waals surface area contributed by atoms with Crippen molar-refractivity contribution in [3.8, 4) is 0 Å². The van der Waals surface area contributed by atoms with Crippen LogP contribution in [0.15, 0.2) is 36.4 Å². The van der Waals surface area contributed by atoms with E-state index in [9.17, 15) is 0 Å². The SMILES string of the molecule is Cc1cc(Cl)cc[c]1[Ti][c]1ccc(Cl)cc1C. The summed E-state index contributed by atoms with van der Waals surface area (Å²) >= 11 is 11.6. The Morgan fingerprint density at radius 1 is 0.765 bits per heavy atom. The van der Waals surface area contributed by atoms with Crippen molar-refractivity contribution in [1.29, 1.82) is 0 Å². The van der Waals surface area contributed by atoms with Gasteiger partial charge in [-0.2, -0.15) is 0 Å². The zero-order chi connectivity index (χ0) is 12.4. The van der Waals surface area contributed by atoms with Crippen molar-refractivity contribution in [1.82, 2.24) is 0 Å². The fourth-order valence-electron chi connectivity index (χ4n) is 1.68. The molecule has 2 aromatic carbocycles. The van der Waals surface area contributed by atoms with E-state index in [2.05, 4.69) is 26.0 Å². The van der Waals surface area contributed by atoms with Crippen LogP contribution in [0.1, 0.15) is 11.1 Å². The number of hydrogen-bond acceptors (Lipinski definition) is 0. The first kappa shape index (κ1) is 13.2. The minimum atomic E-state index is -0.305. The average molecular weight is 299 g/mol. The molecule has 0 amide bonds. The van der Waals surface area contributed by atoms with E-state index >= 15 is 0 Å². The van der Waals surface area contributed by atoms with Gasteiger partial charge in [-0.3, -0.25) is 0 Å². The predicted octanol–water partition coefficient (Wildman–Crippen LogP) is 3.64. The first-order valence-corrected chi connectivity index (χ1v) is 7.67. The van der Waals surface area contributed by atoms with Crippen LogP contribution in [0.25, 0.3) is 0 Å². The molecule has 0 radical (unpaired) electrons. The van der Waals surface area contributed by atoms with Gasteiger partial charge in [0.2, 0.25) is 0 Å². The normalized spacial score (nSPS) is 10.4. The third kappa shape index (κ3) is 3.36. The Bertz CT molecular complexity index is 500. The van der Waals surface area contributed by atoms with Gasteiger partial charge in [0.1, 0.15) is 0 Å². The van der Waals surface area contributed by atoms with Crippen molar-refractivity contribution >= 4 is 30.9 Å². The number of benzene rings is 2. The van der Waals surface area contributed by atoms with Crippen molar-refractivity contribution in [2.75, 3.05) is 0 Å². The van der Waals surface area contributed by atoms with Gasteiger partial charge in [-0.15, -0.1) is 0 Å². The van der Waals surface area contributed by atoms with Gasteiger partial charge in [-0.25, -0.2) is 0 Å². The molecule has 0 unspecified atom stereocenters. The summed E-state index contributed by atoms with van der Waals surface area (Å²) in [7, 11) is 0. The summed E-state index contributed by atoms with van der Waals surface area (Å²) in [6.45, 7) is 4.24. The van der Waals surface area contributed by atoms with E-state index in [1.165, 1.54) is 18.9 Å². The molecule has 0 aromatic heterocycles. The van der Waals surface area contributed by atoms with Crippen molar-refractivity contribution < 1.29 is 19.2 Å². The van der Waals surface area contributed by atoms with Crippen molar-refractivity contribution in [2.24, 2.45) is 0 Å². The molecule has 86 valence electrons. The Labute approximate surface area is 121 Å². The summed E-state index contributed by atoms with van der Waals surface area (Å²) in [5, 5.41) is 1.62. The van der Waals surface area contributed by atoms with Crippen LogP contribution in [0.3, 0.4) is 0 Å². The molecule has 3 heteroatoms. The van der Waals surface area contributed by atoms with Crippen LogP contribution in [0.5, 0.6) is 0 Å². The zero-order valence-corrected chi connectivity index (χ0v) is 12.8. The van der Waals surface area contributed by atoms with E-state index < -0.39 is 0 Å². The molecule has 2 aromatic rings. The quantitative estimate of drug-likeness (QED) is 0.743. The molecular formula is C14H12Cl2Ti. The minimum absolute atomic E-state index is 0.305. The second kappa shape index (κ2) is 5.58. The van der Waals surface area contributed by atoms with Crippen LogP contribution >= 0.6 is 23.2 Å². The van der Waals surface area contributed by atoms with Gasteiger partial charge in [-0.1, -0.05) is 0 Å². The topological polar surface area (TPSA) is 0 Å². The van der Waals surface area contributed by atoms with Gasteiger partial charge in [0.25, 0.3) is 0 Å². The second-order valence-corrected chi connectivity index (χ2v) is 6.99.